The molecule has 0 spiro atoms. The molecule has 160 valence electrons. The molecule has 1 amide bonds. The Kier molecular flexibility index (Phi) is 6.36. The number of aliphatic hydroxyl groups excluding tert-OH is 1. The number of carboxylic acid groups (broad SMARTS) is 1. The lowest BCUT2D eigenvalue weighted by Gasteiger charge is -2.25. The number of carbonyl (C=O) groups is 3. The van der Waals surface area contributed by atoms with E-state index in [9.17, 15) is 29.6 Å². The molecule has 0 bridgehead atoms. The third-order valence-electron chi connectivity index (χ3n) is 4.88. The number of rotatable bonds is 7. The first-order valence-corrected chi connectivity index (χ1v) is 9.59. The molecule has 0 unspecified atom stereocenters. The van der Waals surface area contributed by atoms with Crippen LogP contribution in [0.1, 0.15) is 30.0 Å². The zero-order chi connectivity index (χ0) is 22.7. The smallest absolute Gasteiger partial charge is 0.303 e. The van der Waals surface area contributed by atoms with Crippen LogP contribution >= 0.6 is 11.6 Å². The number of aliphatic hydroxyl groups is 1. The number of aliphatic carboxylic acids is 1. The molecule has 0 radical (unpaired) electrons. The van der Waals surface area contributed by atoms with Crippen molar-refractivity contribution in [2.24, 2.45) is 0 Å². The Bertz CT molecular complexity index is 1100. The molecule has 1 aliphatic rings. The summed E-state index contributed by atoms with van der Waals surface area (Å²) in [6.07, 6.45) is -0.232. The molecule has 1 atom stereocenters. The average Bonchev–Trinajstić information content (AvgIpc) is 2.98. The van der Waals surface area contributed by atoms with Crippen LogP contribution < -0.4 is 0 Å². The lowest BCUT2D eigenvalue weighted by Crippen LogP contribution is -2.31. The van der Waals surface area contributed by atoms with Crippen molar-refractivity contribution in [2.75, 3.05) is 6.54 Å². The zero-order valence-electron chi connectivity index (χ0n) is 16.0. The Morgan fingerprint density at radius 3 is 2.35 bits per heavy atom. The van der Waals surface area contributed by atoms with Crippen molar-refractivity contribution in [1.29, 1.82) is 0 Å². The molecule has 0 saturated carbocycles. The van der Waals surface area contributed by atoms with Crippen LogP contribution in [0.3, 0.4) is 0 Å². The van der Waals surface area contributed by atoms with Gasteiger partial charge in [0.15, 0.2) is 0 Å². The predicted octanol–water partition coefficient (Wildman–Crippen LogP) is 3.53. The summed E-state index contributed by atoms with van der Waals surface area (Å²) in [5.74, 6) is -3.56. The fourth-order valence-corrected chi connectivity index (χ4v) is 3.61. The number of nitrogens with zero attached hydrogens (tertiary/aromatic N) is 2. The van der Waals surface area contributed by atoms with Crippen LogP contribution in [-0.2, 0) is 14.4 Å². The van der Waals surface area contributed by atoms with Gasteiger partial charge in [-0.3, -0.25) is 24.5 Å². The minimum Gasteiger partial charge on any atom is -0.507 e. The van der Waals surface area contributed by atoms with E-state index in [1.165, 1.54) is 48.5 Å². The Labute approximate surface area is 181 Å². The Morgan fingerprint density at radius 1 is 1.10 bits per heavy atom. The van der Waals surface area contributed by atoms with Crippen molar-refractivity contribution in [3.8, 4) is 0 Å². The van der Waals surface area contributed by atoms with Gasteiger partial charge in [-0.1, -0.05) is 23.7 Å². The largest absolute Gasteiger partial charge is 0.507 e. The quantitative estimate of drug-likeness (QED) is 0.219. The summed E-state index contributed by atoms with van der Waals surface area (Å²) < 4.78 is 0. The van der Waals surface area contributed by atoms with Crippen LogP contribution in [-0.4, -0.2) is 44.2 Å². The standard InChI is InChI=1S/C21H17ClN2O7/c22-13-9-7-12(8-10-13)19(27)17-18(14-4-1-2-5-15(14)24(30)31)23(21(29)20(17)28)11-3-6-16(25)26/h1-2,4-5,7-10,18,27H,3,6,11H2,(H,25,26)/b19-17+/t18-/m1/s1. The highest BCUT2D eigenvalue weighted by molar-refractivity contribution is 6.46. The third-order valence-corrected chi connectivity index (χ3v) is 5.13. The number of hydrogen-bond donors (Lipinski definition) is 2. The molecule has 10 heteroatoms. The first-order chi connectivity index (χ1) is 14.7. The van der Waals surface area contributed by atoms with Crippen molar-refractivity contribution in [1.82, 2.24) is 4.90 Å². The van der Waals surface area contributed by atoms with E-state index in [0.29, 0.717) is 5.02 Å². The van der Waals surface area contributed by atoms with Crippen molar-refractivity contribution in [3.63, 3.8) is 0 Å². The van der Waals surface area contributed by atoms with Crippen molar-refractivity contribution < 1.29 is 29.5 Å². The summed E-state index contributed by atoms with van der Waals surface area (Å²) >= 11 is 5.86. The Balaban J connectivity index is 2.18. The molecule has 0 aromatic heterocycles. The maximum Gasteiger partial charge on any atom is 0.303 e. The van der Waals surface area contributed by atoms with Crippen LogP contribution in [0.2, 0.25) is 5.02 Å². The molecule has 31 heavy (non-hydrogen) atoms. The molecule has 3 rings (SSSR count). The molecule has 1 aliphatic heterocycles. The minimum absolute atomic E-state index is 0.0282. The highest BCUT2D eigenvalue weighted by atomic mass is 35.5. The van der Waals surface area contributed by atoms with Crippen molar-refractivity contribution in [3.05, 3.63) is 80.4 Å². The number of nitro benzene ring substituents is 1. The number of carboxylic acids is 1. The molecular formula is C21H17ClN2O7. The highest BCUT2D eigenvalue weighted by Crippen LogP contribution is 2.42. The van der Waals surface area contributed by atoms with Gasteiger partial charge in [-0.05, 0) is 36.8 Å². The van der Waals surface area contributed by atoms with Gasteiger partial charge in [-0.15, -0.1) is 0 Å². The van der Waals surface area contributed by atoms with E-state index in [1.807, 2.05) is 0 Å². The van der Waals surface area contributed by atoms with E-state index >= 15 is 0 Å². The summed E-state index contributed by atoms with van der Waals surface area (Å²) in [5, 5.41) is 31.7. The number of benzene rings is 2. The second-order valence-electron chi connectivity index (χ2n) is 6.81. The highest BCUT2D eigenvalue weighted by Gasteiger charge is 2.47. The predicted molar refractivity (Wildman–Crippen MR) is 110 cm³/mol. The molecule has 1 saturated heterocycles. The summed E-state index contributed by atoms with van der Waals surface area (Å²) in [7, 11) is 0. The fourth-order valence-electron chi connectivity index (χ4n) is 3.48. The van der Waals surface area contributed by atoms with Gasteiger partial charge in [0, 0.05) is 29.6 Å². The van der Waals surface area contributed by atoms with Gasteiger partial charge in [-0.2, -0.15) is 0 Å². The average molecular weight is 445 g/mol. The van der Waals surface area contributed by atoms with E-state index in [1.54, 1.807) is 0 Å². The minimum atomic E-state index is -1.24. The number of likely N-dealkylation sites (tertiary alicyclic amines) is 1. The normalized spacial score (nSPS) is 17.7. The number of Topliss-reactive ketones (excluding diaryl/α,β-unsaturated/α-hetero) is 1. The molecule has 2 aromatic rings. The van der Waals surface area contributed by atoms with Gasteiger partial charge in [0.05, 0.1) is 22.1 Å². The van der Waals surface area contributed by atoms with Gasteiger partial charge >= 0.3 is 5.97 Å². The Morgan fingerprint density at radius 2 is 1.74 bits per heavy atom. The van der Waals surface area contributed by atoms with Gasteiger partial charge in [0.25, 0.3) is 17.4 Å². The zero-order valence-corrected chi connectivity index (χ0v) is 16.8. The molecule has 9 nitrogen and oxygen atoms in total. The SMILES string of the molecule is O=C(O)CCCN1C(=O)C(=O)/C(=C(/O)c2ccc(Cl)cc2)[C@H]1c1ccccc1[N+](=O)[O-]. The second kappa shape index (κ2) is 8.97. The summed E-state index contributed by atoms with van der Waals surface area (Å²) in [6.45, 7) is -0.134. The molecular weight excluding hydrogens is 428 g/mol. The molecule has 1 fully saturated rings. The van der Waals surface area contributed by atoms with Crippen LogP contribution in [0.15, 0.2) is 54.1 Å². The van der Waals surface area contributed by atoms with Crippen LogP contribution in [0.4, 0.5) is 5.69 Å². The Hall–Kier alpha value is -3.72. The van der Waals surface area contributed by atoms with E-state index in [4.69, 9.17) is 16.7 Å². The summed E-state index contributed by atoms with van der Waals surface area (Å²) in [6, 6.07) is 10.2. The summed E-state index contributed by atoms with van der Waals surface area (Å²) in [4.78, 5) is 48.5. The number of halogens is 1. The van der Waals surface area contributed by atoms with E-state index in [-0.39, 0.29) is 41.8 Å². The summed E-state index contributed by atoms with van der Waals surface area (Å²) in [5.41, 5.74) is -0.398. The molecule has 2 aromatic carbocycles. The third kappa shape index (κ3) is 4.41. The first-order valence-electron chi connectivity index (χ1n) is 9.21. The lowest BCUT2D eigenvalue weighted by atomic mass is 9.94. The number of ketones is 1. The van der Waals surface area contributed by atoms with Crippen molar-refractivity contribution in [2.45, 2.75) is 18.9 Å². The van der Waals surface area contributed by atoms with Gasteiger partial charge in [0.2, 0.25) is 0 Å². The van der Waals surface area contributed by atoms with E-state index in [0.717, 1.165) is 4.90 Å². The fraction of sp³-hybridized carbons (Fsp3) is 0.190. The van der Waals surface area contributed by atoms with Crippen molar-refractivity contribution >= 4 is 40.7 Å². The lowest BCUT2D eigenvalue weighted by molar-refractivity contribution is -0.385. The topological polar surface area (TPSA) is 138 Å². The molecule has 1 heterocycles. The molecule has 0 aliphatic carbocycles. The van der Waals surface area contributed by atoms with Gasteiger partial charge in [-0.25, -0.2) is 0 Å². The number of carbonyl (C=O) groups excluding carboxylic acids is 2. The first kappa shape index (κ1) is 22.0. The van der Waals surface area contributed by atoms with E-state index in [2.05, 4.69) is 0 Å². The number of amides is 1. The second-order valence-corrected chi connectivity index (χ2v) is 7.25. The monoisotopic (exact) mass is 444 g/mol. The van der Waals surface area contributed by atoms with Gasteiger partial charge < -0.3 is 15.1 Å². The van der Waals surface area contributed by atoms with Gasteiger partial charge in [0.1, 0.15) is 5.76 Å². The van der Waals surface area contributed by atoms with Crippen LogP contribution in [0, 0.1) is 10.1 Å². The molecule has 2 N–H and O–H groups in total. The number of para-hydroxylation sites is 1. The van der Waals surface area contributed by atoms with Crippen LogP contribution in [0.25, 0.3) is 5.76 Å². The maximum absolute atomic E-state index is 12.8. The van der Waals surface area contributed by atoms with Crippen LogP contribution in [0.5, 0.6) is 0 Å². The number of hydrogen-bond acceptors (Lipinski definition) is 6. The van der Waals surface area contributed by atoms with E-state index < -0.39 is 34.4 Å². The number of nitro groups is 1. The maximum atomic E-state index is 12.8.